The molecule has 5 heteroatoms. The third-order valence-corrected chi connectivity index (χ3v) is 2.58. The topological polar surface area (TPSA) is 69.6 Å². The highest BCUT2D eigenvalue weighted by Crippen LogP contribution is 2.18. The summed E-state index contributed by atoms with van der Waals surface area (Å²) >= 11 is 0. The monoisotopic (exact) mass is 261 g/mol. The Hall–Kier alpha value is -2.56. The number of hydrogen-bond acceptors (Lipinski definition) is 3. The van der Waals surface area contributed by atoms with Crippen molar-refractivity contribution in [3.05, 3.63) is 59.4 Å². The van der Waals surface area contributed by atoms with Crippen molar-refractivity contribution in [2.75, 3.05) is 5.32 Å². The lowest BCUT2D eigenvalue weighted by Crippen LogP contribution is -2.06. The number of carbonyl (C=O) groups is 1. The summed E-state index contributed by atoms with van der Waals surface area (Å²) < 4.78 is 13.1. The molecule has 0 saturated carbocycles. The van der Waals surface area contributed by atoms with E-state index in [1.54, 1.807) is 18.2 Å². The van der Waals surface area contributed by atoms with E-state index in [0.717, 1.165) is 6.07 Å². The van der Waals surface area contributed by atoms with E-state index in [0.29, 0.717) is 11.3 Å². The lowest BCUT2D eigenvalue weighted by molar-refractivity contribution is 0.0698. The minimum absolute atomic E-state index is 0.142. The molecule has 2 aromatic carbocycles. The van der Waals surface area contributed by atoms with E-state index in [-0.39, 0.29) is 17.9 Å². The molecule has 0 heterocycles. The number of benzene rings is 2. The molecule has 19 heavy (non-hydrogen) atoms. The molecule has 0 aromatic heterocycles. The van der Waals surface area contributed by atoms with Crippen LogP contribution in [0.25, 0.3) is 0 Å². The number of aromatic carboxylic acids is 1. The first-order chi connectivity index (χ1) is 9.06. The molecule has 0 bridgehead atoms. The molecule has 0 unspecified atom stereocenters. The normalized spacial score (nSPS) is 10.2. The SMILES string of the molecule is O=C(O)c1ccccc1NCc1cc(O)cc(F)c1. The summed E-state index contributed by atoms with van der Waals surface area (Å²) in [5.74, 6) is -1.74. The highest BCUT2D eigenvalue weighted by atomic mass is 19.1. The van der Waals surface area contributed by atoms with Crippen LogP contribution in [-0.2, 0) is 6.54 Å². The van der Waals surface area contributed by atoms with Gasteiger partial charge in [-0.2, -0.15) is 0 Å². The van der Waals surface area contributed by atoms with Gasteiger partial charge in [-0.05, 0) is 29.8 Å². The van der Waals surface area contributed by atoms with Gasteiger partial charge in [0.2, 0.25) is 0 Å². The fraction of sp³-hybridized carbons (Fsp3) is 0.0714. The molecule has 0 atom stereocenters. The third kappa shape index (κ3) is 3.22. The standard InChI is InChI=1S/C14H12FNO3/c15-10-5-9(6-11(17)7-10)8-16-13-4-2-1-3-12(13)14(18)19/h1-7,16-17H,8H2,(H,18,19). The molecule has 2 rings (SSSR count). The first kappa shape index (κ1) is 12.9. The van der Waals surface area contributed by atoms with Crippen LogP contribution in [0, 0.1) is 5.82 Å². The summed E-state index contributed by atoms with van der Waals surface area (Å²) in [7, 11) is 0. The Labute approximate surface area is 109 Å². The average molecular weight is 261 g/mol. The second-order valence-corrected chi connectivity index (χ2v) is 4.02. The largest absolute Gasteiger partial charge is 0.508 e. The van der Waals surface area contributed by atoms with Gasteiger partial charge in [-0.25, -0.2) is 9.18 Å². The molecule has 3 N–H and O–H groups in total. The van der Waals surface area contributed by atoms with Gasteiger partial charge in [0.15, 0.2) is 0 Å². The number of nitrogens with one attached hydrogen (secondary N) is 1. The number of para-hydroxylation sites is 1. The van der Waals surface area contributed by atoms with Gasteiger partial charge in [-0.1, -0.05) is 12.1 Å². The number of hydrogen-bond donors (Lipinski definition) is 3. The van der Waals surface area contributed by atoms with Gasteiger partial charge in [0.05, 0.1) is 5.56 Å². The molecule has 0 saturated heterocycles. The molecule has 0 aliphatic rings. The fourth-order valence-corrected chi connectivity index (χ4v) is 1.76. The van der Waals surface area contributed by atoms with Crippen LogP contribution in [0.1, 0.15) is 15.9 Å². The van der Waals surface area contributed by atoms with Gasteiger partial charge in [-0.15, -0.1) is 0 Å². The molecule has 0 aliphatic heterocycles. The number of halogens is 1. The number of aromatic hydroxyl groups is 1. The minimum Gasteiger partial charge on any atom is -0.508 e. The second-order valence-electron chi connectivity index (χ2n) is 4.02. The van der Waals surface area contributed by atoms with Crippen molar-refractivity contribution in [3.63, 3.8) is 0 Å². The van der Waals surface area contributed by atoms with E-state index in [2.05, 4.69) is 5.32 Å². The molecule has 0 spiro atoms. The Kier molecular flexibility index (Phi) is 3.66. The molecule has 4 nitrogen and oxygen atoms in total. The summed E-state index contributed by atoms with van der Waals surface area (Å²) in [5, 5.41) is 21.2. The first-order valence-electron chi connectivity index (χ1n) is 5.61. The van der Waals surface area contributed by atoms with Crippen LogP contribution >= 0.6 is 0 Å². The Morgan fingerprint density at radius 1 is 1.21 bits per heavy atom. The van der Waals surface area contributed by atoms with Crippen molar-refractivity contribution in [1.82, 2.24) is 0 Å². The van der Waals surface area contributed by atoms with Crippen molar-refractivity contribution in [2.45, 2.75) is 6.54 Å². The second kappa shape index (κ2) is 5.39. The Morgan fingerprint density at radius 3 is 2.63 bits per heavy atom. The van der Waals surface area contributed by atoms with Gasteiger partial charge < -0.3 is 15.5 Å². The van der Waals surface area contributed by atoms with E-state index in [1.165, 1.54) is 18.2 Å². The zero-order valence-corrected chi connectivity index (χ0v) is 9.93. The maximum atomic E-state index is 13.1. The molecule has 0 amide bonds. The molecule has 2 aromatic rings. The van der Waals surface area contributed by atoms with Gasteiger partial charge in [0, 0.05) is 18.3 Å². The maximum Gasteiger partial charge on any atom is 0.337 e. The first-order valence-corrected chi connectivity index (χ1v) is 5.61. The molecular formula is C14H12FNO3. The summed E-state index contributed by atoms with van der Waals surface area (Å²) in [5.41, 5.74) is 1.11. The van der Waals surface area contributed by atoms with E-state index >= 15 is 0 Å². The van der Waals surface area contributed by atoms with E-state index in [9.17, 15) is 14.3 Å². The number of carboxylic acids is 1. The summed E-state index contributed by atoms with van der Waals surface area (Å²) in [6.45, 7) is 0.218. The van der Waals surface area contributed by atoms with Crippen LogP contribution < -0.4 is 5.32 Å². The van der Waals surface area contributed by atoms with Crippen molar-refractivity contribution in [1.29, 1.82) is 0 Å². The molecule has 0 radical (unpaired) electrons. The number of anilines is 1. The smallest absolute Gasteiger partial charge is 0.337 e. The van der Waals surface area contributed by atoms with Crippen molar-refractivity contribution in [3.8, 4) is 5.75 Å². The fourth-order valence-electron chi connectivity index (χ4n) is 1.76. The van der Waals surface area contributed by atoms with E-state index in [4.69, 9.17) is 5.11 Å². The van der Waals surface area contributed by atoms with Gasteiger partial charge in [0.25, 0.3) is 0 Å². The highest BCUT2D eigenvalue weighted by Gasteiger charge is 2.08. The van der Waals surface area contributed by atoms with Crippen molar-refractivity contribution in [2.24, 2.45) is 0 Å². The third-order valence-electron chi connectivity index (χ3n) is 2.58. The number of phenols is 1. The summed E-state index contributed by atoms with van der Waals surface area (Å²) in [4.78, 5) is 11.0. The molecule has 0 fully saturated rings. The summed E-state index contributed by atoms with van der Waals surface area (Å²) in [6.07, 6.45) is 0. The average Bonchev–Trinajstić information content (AvgIpc) is 2.35. The number of carboxylic acid groups (broad SMARTS) is 1. The van der Waals surface area contributed by atoms with E-state index in [1.807, 2.05) is 0 Å². The molecule has 0 aliphatic carbocycles. The Bertz CT molecular complexity index is 593. The van der Waals surface area contributed by atoms with Crippen LogP contribution in [-0.4, -0.2) is 16.2 Å². The van der Waals surface area contributed by atoms with Gasteiger partial charge >= 0.3 is 5.97 Å². The predicted octanol–water partition coefficient (Wildman–Crippen LogP) is 2.84. The zero-order valence-electron chi connectivity index (χ0n) is 9.93. The maximum absolute atomic E-state index is 13.1. The van der Waals surface area contributed by atoms with E-state index < -0.39 is 11.8 Å². The zero-order chi connectivity index (χ0) is 13.8. The predicted molar refractivity (Wildman–Crippen MR) is 68.8 cm³/mol. The molecule has 98 valence electrons. The lowest BCUT2D eigenvalue weighted by atomic mass is 10.1. The van der Waals surface area contributed by atoms with Crippen molar-refractivity contribution < 1.29 is 19.4 Å². The van der Waals surface area contributed by atoms with Crippen LogP contribution in [0.2, 0.25) is 0 Å². The van der Waals surface area contributed by atoms with Gasteiger partial charge in [0.1, 0.15) is 11.6 Å². The van der Waals surface area contributed by atoms with Crippen LogP contribution in [0.4, 0.5) is 10.1 Å². The molecular weight excluding hydrogens is 249 g/mol. The number of rotatable bonds is 4. The van der Waals surface area contributed by atoms with Crippen LogP contribution in [0.3, 0.4) is 0 Å². The summed E-state index contributed by atoms with van der Waals surface area (Å²) in [6, 6.07) is 10.1. The lowest BCUT2D eigenvalue weighted by Gasteiger charge is -2.09. The van der Waals surface area contributed by atoms with Crippen LogP contribution in [0.15, 0.2) is 42.5 Å². The van der Waals surface area contributed by atoms with Gasteiger partial charge in [-0.3, -0.25) is 0 Å². The number of phenolic OH excluding ortho intramolecular Hbond substituents is 1. The van der Waals surface area contributed by atoms with Crippen molar-refractivity contribution >= 4 is 11.7 Å². The Morgan fingerprint density at radius 2 is 1.95 bits per heavy atom. The quantitative estimate of drug-likeness (QED) is 0.791. The Balaban J connectivity index is 2.16. The highest BCUT2D eigenvalue weighted by molar-refractivity contribution is 5.94. The van der Waals surface area contributed by atoms with Crippen LogP contribution in [0.5, 0.6) is 5.75 Å². The minimum atomic E-state index is -1.04.